The summed E-state index contributed by atoms with van der Waals surface area (Å²) < 4.78 is 5.74. The minimum absolute atomic E-state index is 0.000989. The molecule has 1 aromatic carbocycles. The van der Waals surface area contributed by atoms with E-state index in [2.05, 4.69) is 20.9 Å². The van der Waals surface area contributed by atoms with Crippen LogP contribution in [-0.2, 0) is 32.1 Å². The lowest BCUT2D eigenvalue weighted by molar-refractivity contribution is -0.151. The average Bonchev–Trinajstić information content (AvgIpc) is 2.91. The second-order valence-electron chi connectivity index (χ2n) is 9.39. The number of urea groups is 1. The Morgan fingerprint density at radius 2 is 2.08 bits per heavy atom. The maximum atomic E-state index is 13.2. The molecule has 2 atom stereocenters. The van der Waals surface area contributed by atoms with Gasteiger partial charge in [-0.1, -0.05) is 23.7 Å². The topological polar surface area (TPSA) is 198 Å². The van der Waals surface area contributed by atoms with Crippen LogP contribution in [0.2, 0.25) is 5.02 Å². The number of aromatic nitrogens is 1. The lowest BCUT2D eigenvalue weighted by atomic mass is 9.67. The molecule has 2 saturated heterocycles. The van der Waals surface area contributed by atoms with Gasteiger partial charge >= 0.3 is 6.03 Å². The number of barbiturate groups is 1. The lowest BCUT2D eigenvalue weighted by Crippen LogP contribution is -2.74. The number of fused-ring (bicyclic) bond motifs is 4. The molecule has 4 heterocycles. The smallest absolute Gasteiger partial charge is 0.328 e. The molecule has 3 aliphatic rings. The van der Waals surface area contributed by atoms with Gasteiger partial charge in [0.05, 0.1) is 41.8 Å². The lowest BCUT2D eigenvalue weighted by Gasteiger charge is -2.53. The summed E-state index contributed by atoms with van der Waals surface area (Å²) in [6.07, 6.45) is -0.969. The van der Waals surface area contributed by atoms with Crippen molar-refractivity contribution in [3.05, 3.63) is 51.8 Å². The molecule has 0 bridgehead atoms. The number of ether oxygens (including phenoxy) is 1. The number of carbonyl (C=O) groups is 4. The predicted octanol–water partition coefficient (Wildman–Crippen LogP) is 0.499. The number of anilines is 1. The Kier molecular flexibility index (Phi) is 6.45. The van der Waals surface area contributed by atoms with Crippen LogP contribution in [0.4, 0.5) is 10.5 Å². The number of morpholine rings is 1. The molecule has 0 radical (unpaired) electrons. The van der Waals surface area contributed by atoms with Crippen molar-refractivity contribution in [1.29, 1.82) is 10.7 Å². The Labute approximate surface area is 226 Å². The molecular weight excluding hydrogens is 530 g/mol. The normalized spacial score (nSPS) is 21.3. The van der Waals surface area contributed by atoms with E-state index in [1.165, 1.54) is 0 Å². The van der Waals surface area contributed by atoms with Gasteiger partial charge in [0.15, 0.2) is 11.2 Å². The average molecular weight is 552 g/mol. The maximum Gasteiger partial charge on any atom is 0.328 e. The number of halogens is 1. The molecule has 0 aliphatic carbocycles. The first kappa shape index (κ1) is 26.1. The van der Waals surface area contributed by atoms with E-state index in [0.717, 1.165) is 0 Å². The van der Waals surface area contributed by atoms with Gasteiger partial charge in [-0.3, -0.25) is 30.4 Å². The molecule has 0 saturated carbocycles. The number of rotatable bonds is 4. The van der Waals surface area contributed by atoms with Crippen molar-refractivity contribution in [2.24, 2.45) is 5.41 Å². The van der Waals surface area contributed by atoms with E-state index >= 15 is 0 Å². The fourth-order valence-electron chi connectivity index (χ4n) is 5.40. The Balaban J connectivity index is 1.52. The summed E-state index contributed by atoms with van der Waals surface area (Å²) in [6.45, 7) is 2.10. The van der Waals surface area contributed by atoms with E-state index in [9.17, 15) is 24.3 Å². The van der Waals surface area contributed by atoms with Gasteiger partial charge in [-0.05, 0) is 24.6 Å². The molecule has 1 aromatic heterocycles. The van der Waals surface area contributed by atoms with Crippen LogP contribution in [0.15, 0.2) is 24.3 Å². The van der Waals surface area contributed by atoms with E-state index in [0.29, 0.717) is 11.1 Å². The van der Waals surface area contributed by atoms with E-state index < -0.39 is 58.5 Å². The van der Waals surface area contributed by atoms with Crippen LogP contribution in [0.1, 0.15) is 29.4 Å². The fraction of sp³-hybridized carbons (Fsp3) is 0.320. The first-order chi connectivity index (χ1) is 18.6. The van der Waals surface area contributed by atoms with E-state index in [4.69, 9.17) is 27.0 Å². The van der Waals surface area contributed by atoms with Crippen LogP contribution in [0.5, 0.6) is 5.75 Å². The first-order valence-corrected chi connectivity index (χ1v) is 12.3. The van der Waals surface area contributed by atoms with Crippen LogP contribution < -0.4 is 20.9 Å². The Hall–Kier alpha value is -4.54. The van der Waals surface area contributed by atoms with Gasteiger partial charge in [-0.15, -0.1) is 0 Å². The quantitative estimate of drug-likeness (QED) is 0.265. The van der Waals surface area contributed by atoms with E-state index in [-0.39, 0.29) is 42.5 Å². The van der Waals surface area contributed by atoms with Gasteiger partial charge in [-0.25, -0.2) is 9.78 Å². The summed E-state index contributed by atoms with van der Waals surface area (Å²) in [5, 5.41) is 35.0. The summed E-state index contributed by atoms with van der Waals surface area (Å²) >= 11 is 6.58. The van der Waals surface area contributed by atoms with Crippen molar-refractivity contribution in [2.75, 3.05) is 18.1 Å². The van der Waals surface area contributed by atoms with Crippen molar-refractivity contribution >= 4 is 46.8 Å². The second kappa shape index (κ2) is 9.64. The number of pyridine rings is 1. The molecule has 1 spiro atoms. The van der Waals surface area contributed by atoms with E-state index in [1.807, 2.05) is 6.07 Å². The predicted molar refractivity (Wildman–Crippen MR) is 135 cm³/mol. The molecule has 39 heavy (non-hydrogen) atoms. The number of carbonyl (C=O) groups excluding carboxylic acids is 4. The number of nitrogens with zero attached hydrogens (tertiary/aromatic N) is 3. The van der Waals surface area contributed by atoms with Crippen LogP contribution in [0, 0.1) is 22.2 Å². The largest absolute Gasteiger partial charge is 0.504 e. The van der Waals surface area contributed by atoms with Gasteiger partial charge < -0.3 is 20.1 Å². The van der Waals surface area contributed by atoms with Crippen LogP contribution in [-0.4, -0.2) is 64.9 Å². The van der Waals surface area contributed by atoms with E-state index in [1.54, 1.807) is 36.1 Å². The molecule has 5 N–H and O–H groups in total. The zero-order chi connectivity index (χ0) is 28.1. The third kappa shape index (κ3) is 4.14. The summed E-state index contributed by atoms with van der Waals surface area (Å²) in [5.74, 6) is -3.16. The third-order valence-electron chi connectivity index (χ3n) is 7.13. The molecule has 5 rings (SSSR count). The number of imide groups is 2. The zero-order valence-electron chi connectivity index (χ0n) is 20.5. The summed E-state index contributed by atoms with van der Waals surface area (Å²) in [4.78, 5) is 57.1. The highest BCUT2D eigenvalue weighted by Crippen LogP contribution is 2.50. The molecular formula is C25H22ClN7O6. The Bertz CT molecular complexity index is 1480. The highest BCUT2D eigenvalue weighted by molar-refractivity contribution is 6.45. The number of nitrogens with one attached hydrogen (secondary N) is 4. The van der Waals surface area contributed by atoms with Crippen molar-refractivity contribution in [3.63, 3.8) is 0 Å². The third-order valence-corrected chi connectivity index (χ3v) is 7.49. The molecule has 2 aromatic rings. The minimum atomic E-state index is -1.83. The van der Waals surface area contributed by atoms with Gasteiger partial charge in [0.2, 0.25) is 11.8 Å². The SMILES string of the molecule is C[C@@H]1OCCN2c3c(nc(C(=N)C(=O)NCc4cccc(C#N)c4)c(O)c3Cl)CC3(C(=O)NC(=O)NC3=O)C12. The number of amides is 5. The first-order valence-electron chi connectivity index (χ1n) is 11.9. The van der Waals surface area contributed by atoms with Gasteiger partial charge in [0, 0.05) is 19.5 Å². The highest BCUT2D eigenvalue weighted by Gasteiger charge is 2.63. The van der Waals surface area contributed by atoms with Crippen LogP contribution in [0.3, 0.4) is 0 Å². The van der Waals surface area contributed by atoms with Gasteiger partial charge in [0.1, 0.15) is 16.4 Å². The van der Waals surface area contributed by atoms with Gasteiger partial charge in [-0.2, -0.15) is 5.26 Å². The minimum Gasteiger partial charge on any atom is -0.504 e. The van der Waals surface area contributed by atoms with Crippen LogP contribution >= 0.6 is 11.6 Å². The van der Waals surface area contributed by atoms with Crippen LogP contribution in [0.25, 0.3) is 0 Å². The fourth-order valence-corrected chi connectivity index (χ4v) is 5.71. The summed E-state index contributed by atoms with van der Waals surface area (Å²) in [6, 6.07) is 6.71. The van der Waals surface area contributed by atoms with Gasteiger partial charge in [0.25, 0.3) is 5.91 Å². The highest BCUT2D eigenvalue weighted by atomic mass is 35.5. The summed E-state index contributed by atoms with van der Waals surface area (Å²) in [7, 11) is 0. The Morgan fingerprint density at radius 3 is 2.77 bits per heavy atom. The molecule has 1 unspecified atom stereocenters. The molecule has 14 heteroatoms. The number of benzene rings is 1. The van der Waals surface area contributed by atoms with Crippen molar-refractivity contribution in [3.8, 4) is 11.8 Å². The molecule has 5 amide bonds. The number of hydrogen-bond acceptors (Lipinski definition) is 10. The standard InChI is InChI=1S/C25H22ClN7O6/c1-11-20-25(22(36)31-24(38)32-23(25)37)8-14-18(33(20)5-6-39-11)15(26)19(34)17(30-14)16(28)21(35)29-10-13-4-2-3-12(7-13)9-27/h2-4,7,11,20,28,34H,5-6,8,10H2,1H3,(H,29,35)(H2,31,32,36,37,38)/t11-,20?/m0/s1. The molecule has 13 nitrogen and oxygen atoms in total. The second-order valence-corrected chi connectivity index (χ2v) is 9.77. The zero-order valence-corrected chi connectivity index (χ0v) is 21.3. The molecule has 2 fully saturated rings. The van der Waals surface area contributed by atoms with Crippen molar-refractivity contribution in [1.82, 2.24) is 20.9 Å². The number of aromatic hydroxyl groups is 1. The molecule has 3 aliphatic heterocycles. The monoisotopic (exact) mass is 551 g/mol. The maximum absolute atomic E-state index is 13.2. The summed E-state index contributed by atoms with van der Waals surface area (Å²) in [5.41, 5.74) is -1.60. The number of hydrogen-bond donors (Lipinski definition) is 5. The van der Waals surface area contributed by atoms with Crippen molar-refractivity contribution in [2.45, 2.75) is 32.0 Å². The van der Waals surface area contributed by atoms with Crippen molar-refractivity contribution < 1.29 is 29.0 Å². The Morgan fingerprint density at radius 1 is 1.36 bits per heavy atom. The molecule has 200 valence electrons. The number of nitriles is 1.